The van der Waals surface area contributed by atoms with Crippen molar-refractivity contribution in [1.29, 1.82) is 0 Å². The van der Waals surface area contributed by atoms with Gasteiger partial charge in [-0.15, -0.1) is 0 Å². The number of fused-ring (bicyclic) bond motifs is 5. The van der Waals surface area contributed by atoms with Gasteiger partial charge in [0.2, 0.25) is 5.91 Å². The van der Waals surface area contributed by atoms with Crippen LogP contribution in [0.25, 0.3) is 0 Å². The van der Waals surface area contributed by atoms with Crippen LogP contribution in [0.2, 0.25) is 0 Å². The zero-order valence-corrected chi connectivity index (χ0v) is 31.3. The maximum absolute atomic E-state index is 13.0. The van der Waals surface area contributed by atoms with Crippen molar-refractivity contribution < 1.29 is 24.9 Å². The Morgan fingerprint density at radius 1 is 0.792 bits per heavy atom. The number of hydrogen-bond acceptors (Lipinski definition) is 4. The first kappa shape index (κ1) is 39.4. The number of carboxylic acids is 1. The number of unbranched alkanes of at least 4 members (excludes halogenated alkanes) is 11. The lowest BCUT2D eigenvalue weighted by molar-refractivity contribution is -0.209. The summed E-state index contributed by atoms with van der Waals surface area (Å²) in [4.78, 5) is 24.2. The molecular formula is C42H73NO5. The molecule has 0 bridgehead atoms. The first-order chi connectivity index (χ1) is 22.9. The summed E-state index contributed by atoms with van der Waals surface area (Å²) in [6.45, 7) is 9.40. The maximum Gasteiger partial charge on any atom is 0.303 e. The van der Waals surface area contributed by atoms with Crippen LogP contribution in [-0.4, -0.2) is 39.0 Å². The highest BCUT2D eigenvalue weighted by molar-refractivity contribution is 5.76. The second-order valence-electron chi connectivity index (χ2n) is 17.5. The number of amides is 1. The molecule has 48 heavy (non-hydrogen) atoms. The Labute approximate surface area is 293 Å². The molecule has 4 aliphatic carbocycles. The Morgan fingerprint density at radius 2 is 1.42 bits per heavy atom. The summed E-state index contributed by atoms with van der Waals surface area (Å²) in [7, 11) is 0. The van der Waals surface area contributed by atoms with E-state index in [9.17, 15) is 24.9 Å². The zero-order valence-electron chi connectivity index (χ0n) is 31.3. The fourth-order valence-electron chi connectivity index (χ4n) is 11.6. The SMILES string of the molecule is CCCCCCCC/C=C\CCCCCCCC(=O)N[C@]1(O)C[C@H]2CC[C@@H]3[C@H](CC[C@]4(C)[C@@H]([C@H](C)CCC(=O)O)CC[C@@H]34)[C@@]2(C)CC1O. The van der Waals surface area contributed by atoms with Crippen LogP contribution in [0.1, 0.15) is 182 Å². The minimum atomic E-state index is -1.53. The second-order valence-corrected chi connectivity index (χ2v) is 17.5. The summed E-state index contributed by atoms with van der Waals surface area (Å²) in [6, 6.07) is 0. The van der Waals surface area contributed by atoms with Crippen molar-refractivity contribution >= 4 is 11.9 Å². The number of aliphatic hydroxyl groups excluding tert-OH is 1. The average Bonchev–Trinajstić information content (AvgIpc) is 3.40. The van der Waals surface area contributed by atoms with Crippen molar-refractivity contribution in [2.75, 3.05) is 0 Å². The number of allylic oxidation sites excluding steroid dienone is 2. The van der Waals surface area contributed by atoms with Gasteiger partial charge in [0.25, 0.3) is 0 Å². The van der Waals surface area contributed by atoms with E-state index in [2.05, 4.69) is 45.2 Å². The van der Waals surface area contributed by atoms with Crippen molar-refractivity contribution in [1.82, 2.24) is 5.32 Å². The molecule has 4 N–H and O–H groups in total. The van der Waals surface area contributed by atoms with Crippen molar-refractivity contribution in [3.63, 3.8) is 0 Å². The Balaban J connectivity index is 1.16. The van der Waals surface area contributed by atoms with Gasteiger partial charge >= 0.3 is 5.97 Å². The number of hydrogen-bond donors (Lipinski definition) is 4. The molecule has 6 nitrogen and oxygen atoms in total. The standard InChI is InChI=1S/C42H73NO5/c1-5-6-7-8-9-10-11-12-13-14-15-16-17-18-19-20-38(45)43-42(48)29-32-22-23-33-35-25-24-34(31(2)21-26-39(46)47)40(35,3)28-27-36(33)41(32,4)30-37(42)44/h12-13,31-37,44,48H,5-11,14-30H2,1-4H3,(H,43,45)(H,46,47)/b13-12-/t31-,32-,33+,34-,35+,36+,37?,40-,41+,42+/m1/s1. The van der Waals surface area contributed by atoms with Gasteiger partial charge in [0.15, 0.2) is 5.72 Å². The summed E-state index contributed by atoms with van der Waals surface area (Å²) in [5, 5.41) is 35.2. The van der Waals surface area contributed by atoms with Gasteiger partial charge < -0.3 is 20.6 Å². The second kappa shape index (κ2) is 18.2. The van der Waals surface area contributed by atoms with Crippen molar-refractivity contribution in [3.05, 3.63) is 12.2 Å². The minimum absolute atomic E-state index is 0.0307. The monoisotopic (exact) mass is 672 g/mol. The van der Waals surface area contributed by atoms with E-state index in [0.29, 0.717) is 54.8 Å². The van der Waals surface area contributed by atoms with Crippen LogP contribution in [0.3, 0.4) is 0 Å². The lowest BCUT2D eigenvalue weighted by atomic mass is 9.43. The normalized spacial score (nSPS) is 36.7. The van der Waals surface area contributed by atoms with Crippen LogP contribution in [0.15, 0.2) is 12.2 Å². The molecule has 6 heteroatoms. The molecule has 0 spiro atoms. The molecule has 4 aliphatic rings. The highest BCUT2D eigenvalue weighted by Gasteiger charge is 2.63. The molecule has 0 radical (unpaired) electrons. The van der Waals surface area contributed by atoms with Crippen LogP contribution in [0.5, 0.6) is 0 Å². The quantitative estimate of drug-likeness (QED) is 0.0586. The van der Waals surface area contributed by atoms with Gasteiger partial charge in [-0.3, -0.25) is 9.59 Å². The highest BCUT2D eigenvalue weighted by atomic mass is 16.4. The minimum Gasteiger partial charge on any atom is -0.481 e. The van der Waals surface area contributed by atoms with Crippen LogP contribution in [0.4, 0.5) is 0 Å². The number of rotatable bonds is 20. The number of carbonyl (C=O) groups excluding carboxylic acids is 1. The number of carboxylic acid groups (broad SMARTS) is 1. The first-order valence-electron chi connectivity index (χ1n) is 20.5. The Morgan fingerprint density at radius 3 is 2.08 bits per heavy atom. The fraction of sp³-hybridized carbons (Fsp3) is 0.905. The highest BCUT2D eigenvalue weighted by Crippen LogP contribution is 2.68. The smallest absolute Gasteiger partial charge is 0.303 e. The van der Waals surface area contributed by atoms with Gasteiger partial charge in [0, 0.05) is 19.3 Å². The largest absolute Gasteiger partial charge is 0.481 e. The van der Waals surface area contributed by atoms with E-state index in [1.54, 1.807) is 0 Å². The van der Waals surface area contributed by atoms with Gasteiger partial charge in [-0.1, -0.05) is 91.2 Å². The van der Waals surface area contributed by atoms with E-state index >= 15 is 0 Å². The molecule has 4 saturated carbocycles. The molecule has 276 valence electrons. The van der Waals surface area contributed by atoms with E-state index in [4.69, 9.17) is 0 Å². The van der Waals surface area contributed by atoms with E-state index in [-0.39, 0.29) is 23.2 Å². The Kier molecular flexibility index (Phi) is 14.9. The summed E-state index contributed by atoms with van der Waals surface area (Å²) in [5.41, 5.74) is -1.29. The third-order valence-corrected chi connectivity index (χ3v) is 14.4. The van der Waals surface area contributed by atoms with Crippen LogP contribution < -0.4 is 5.32 Å². The molecule has 4 fully saturated rings. The fourth-order valence-corrected chi connectivity index (χ4v) is 11.6. The summed E-state index contributed by atoms with van der Waals surface area (Å²) < 4.78 is 0. The van der Waals surface area contributed by atoms with Gasteiger partial charge in [0.1, 0.15) is 6.10 Å². The number of nitrogens with one attached hydrogen (secondary N) is 1. The predicted molar refractivity (Wildman–Crippen MR) is 195 cm³/mol. The first-order valence-corrected chi connectivity index (χ1v) is 20.5. The Bertz CT molecular complexity index is 1050. The molecule has 1 amide bonds. The van der Waals surface area contributed by atoms with E-state index in [1.165, 1.54) is 77.0 Å². The molecule has 0 aliphatic heterocycles. The molecule has 1 unspecified atom stereocenters. The van der Waals surface area contributed by atoms with Gasteiger partial charge in [-0.25, -0.2) is 0 Å². The van der Waals surface area contributed by atoms with Crippen LogP contribution in [0, 0.1) is 46.3 Å². The molecule has 4 rings (SSSR count). The number of aliphatic carboxylic acids is 1. The summed E-state index contributed by atoms with van der Waals surface area (Å²) >= 11 is 0. The predicted octanol–water partition coefficient (Wildman–Crippen LogP) is 9.96. The van der Waals surface area contributed by atoms with E-state index < -0.39 is 17.8 Å². The summed E-state index contributed by atoms with van der Waals surface area (Å²) in [5.74, 6) is 2.33. The van der Waals surface area contributed by atoms with Crippen molar-refractivity contribution in [3.8, 4) is 0 Å². The van der Waals surface area contributed by atoms with Gasteiger partial charge in [0.05, 0.1) is 0 Å². The van der Waals surface area contributed by atoms with E-state index in [0.717, 1.165) is 51.4 Å². The summed E-state index contributed by atoms with van der Waals surface area (Å²) in [6.07, 6.45) is 29.0. The zero-order chi connectivity index (χ0) is 34.8. The molecule has 0 aromatic carbocycles. The lowest BCUT2D eigenvalue weighted by Gasteiger charge is -2.63. The number of carbonyl (C=O) groups is 2. The van der Waals surface area contributed by atoms with E-state index in [1.807, 2.05) is 0 Å². The van der Waals surface area contributed by atoms with Crippen molar-refractivity contribution in [2.45, 2.75) is 194 Å². The van der Waals surface area contributed by atoms with Crippen LogP contribution in [-0.2, 0) is 9.59 Å². The third-order valence-electron chi connectivity index (χ3n) is 14.4. The van der Waals surface area contributed by atoms with Crippen LogP contribution >= 0.6 is 0 Å². The lowest BCUT2D eigenvalue weighted by Crippen LogP contribution is -2.66. The Hall–Kier alpha value is -1.40. The maximum atomic E-state index is 13.0. The molecule has 0 aromatic heterocycles. The van der Waals surface area contributed by atoms with Gasteiger partial charge in [-0.2, -0.15) is 0 Å². The molecule has 0 heterocycles. The molecule has 10 atom stereocenters. The average molecular weight is 672 g/mol. The molecule has 0 aromatic rings. The molecule has 0 saturated heterocycles. The molecular weight excluding hydrogens is 598 g/mol. The number of aliphatic hydroxyl groups is 2. The topological polar surface area (TPSA) is 107 Å². The van der Waals surface area contributed by atoms with Gasteiger partial charge in [-0.05, 0) is 130 Å². The van der Waals surface area contributed by atoms with Crippen molar-refractivity contribution in [2.24, 2.45) is 46.3 Å². The third kappa shape index (κ3) is 9.68.